The molecule has 3 aromatic rings. The number of H-pyrrole nitrogens is 1. The van der Waals surface area contributed by atoms with Gasteiger partial charge in [-0.3, -0.25) is 9.89 Å². The summed E-state index contributed by atoms with van der Waals surface area (Å²) in [6, 6.07) is 15.3. The van der Waals surface area contributed by atoms with Gasteiger partial charge in [0.1, 0.15) is 5.75 Å². The van der Waals surface area contributed by atoms with Crippen LogP contribution in [-0.2, 0) is 0 Å². The lowest BCUT2D eigenvalue weighted by Crippen LogP contribution is -2.33. The number of hydrogen-bond acceptors (Lipinski definition) is 2. The lowest BCUT2D eigenvalue weighted by molar-refractivity contribution is 0.414. The Kier molecular flexibility index (Phi) is 4.38. The number of rotatable bonds is 3. The zero-order valence-corrected chi connectivity index (χ0v) is 14.7. The van der Waals surface area contributed by atoms with Crippen molar-refractivity contribution in [3.05, 3.63) is 78.6 Å². The van der Waals surface area contributed by atoms with E-state index in [0.717, 1.165) is 20.6 Å². The van der Waals surface area contributed by atoms with Crippen molar-refractivity contribution in [2.45, 2.75) is 0 Å². The molecule has 0 unspecified atom stereocenters. The zero-order chi connectivity index (χ0) is 16.4. The van der Waals surface area contributed by atoms with Crippen LogP contribution in [0.2, 0.25) is 0 Å². The predicted molar refractivity (Wildman–Crippen MR) is 100 cm³/mol. The number of nitrogens with one attached hydrogen (secondary N) is 1. The summed E-state index contributed by atoms with van der Waals surface area (Å²) in [5.74, 6) is 0.748. The standard InChI is InChI=1S/C18H15IN2O2/c1-12-17(11-13-4-3-5-16(10-13)23-2)18(22)21(20-12)15-8-6-14(19)7-9-15/h3-11,20H,1H2,2H3/b17-11-. The van der Waals surface area contributed by atoms with Crippen molar-refractivity contribution < 1.29 is 4.74 Å². The summed E-state index contributed by atoms with van der Waals surface area (Å²) in [5, 5.41) is 4.14. The Morgan fingerprint density at radius 1 is 1.22 bits per heavy atom. The van der Waals surface area contributed by atoms with Gasteiger partial charge in [0, 0.05) is 3.57 Å². The Bertz CT molecular complexity index is 1000. The normalized spacial score (nSPS) is 11.7. The molecule has 0 saturated heterocycles. The number of halogens is 1. The molecule has 0 amide bonds. The topological polar surface area (TPSA) is 47.0 Å². The van der Waals surface area contributed by atoms with Crippen LogP contribution < -0.4 is 20.9 Å². The van der Waals surface area contributed by atoms with Crippen molar-refractivity contribution in [3.8, 4) is 11.4 Å². The molecule has 116 valence electrons. The quantitative estimate of drug-likeness (QED) is 0.662. The Balaban J connectivity index is 2.14. The summed E-state index contributed by atoms with van der Waals surface area (Å²) in [4.78, 5) is 12.7. The first-order valence-corrected chi connectivity index (χ1v) is 8.08. The van der Waals surface area contributed by atoms with Gasteiger partial charge >= 0.3 is 0 Å². The van der Waals surface area contributed by atoms with E-state index in [1.807, 2.05) is 54.6 Å². The third kappa shape index (κ3) is 3.24. The molecule has 2 aromatic carbocycles. The molecule has 0 bridgehead atoms. The molecule has 4 nitrogen and oxygen atoms in total. The molecule has 0 aliphatic rings. The van der Waals surface area contributed by atoms with Gasteiger partial charge in [-0.1, -0.05) is 18.7 Å². The van der Waals surface area contributed by atoms with Crippen LogP contribution in [0.15, 0.2) is 53.3 Å². The molecule has 1 heterocycles. The highest BCUT2D eigenvalue weighted by Crippen LogP contribution is 2.12. The van der Waals surface area contributed by atoms with Crippen molar-refractivity contribution in [2.24, 2.45) is 0 Å². The van der Waals surface area contributed by atoms with Crippen molar-refractivity contribution in [2.75, 3.05) is 7.11 Å². The predicted octanol–water partition coefficient (Wildman–Crippen LogP) is 2.02. The maximum atomic E-state index is 12.7. The van der Waals surface area contributed by atoms with Gasteiger partial charge in [-0.15, -0.1) is 0 Å². The molecule has 0 aliphatic heterocycles. The summed E-state index contributed by atoms with van der Waals surface area (Å²) < 4.78 is 7.83. The third-order valence-electron chi connectivity index (χ3n) is 3.50. The molecule has 0 aliphatic carbocycles. The van der Waals surface area contributed by atoms with Gasteiger partial charge in [0.2, 0.25) is 0 Å². The van der Waals surface area contributed by atoms with Crippen LogP contribution in [0.1, 0.15) is 5.56 Å². The van der Waals surface area contributed by atoms with E-state index in [9.17, 15) is 4.79 Å². The highest BCUT2D eigenvalue weighted by Gasteiger charge is 2.05. The number of nitrogens with zero attached hydrogens (tertiary/aromatic N) is 1. The number of aromatic amines is 1. The molecule has 0 atom stereocenters. The summed E-state index contributed by atoms with van der Waals surface area (Å²) in [5.41, 5.74) is 1.55. The number of ether oxygens (including phenoxy) is 1. The van der Waals surface area contributed by atoms with Gasteiger partial charge in [0.15, 0.2) is 0 Å². The van der Waals surface area contributed by atoms with Crippen LogP contribution in [0, 0.1) is 3.57 Å². The van der Waals surface area contributed by atoms with Gasteiger partial charge in [-0.05, 0) is 70.6 Å². The molecule has 0 radical (unpaired) electrons. The van der Waals surface area contributed by atoms with Crippen LogP contribution in [0.4, 0.5) is 0 Å². The number of aromatic nitrogens is 2. The van der Waals surface area contributed by atoms with Crippen LogP contribution in [0.25, 0.3) is 18.3 Å². The fourth-order valence-electron chi connectivity index (χ4n) is 2.31. The van der Waals surface area contributed by atoms with E-state index in [4.69, 9.17) is 4.74 Å². The largest absolute Gasteiger partial charge is 0.497 e. The summed E-state index contributed by atoms with van der Waals surface area (Å²) >= 11 is 2.23. The highest BCUT2D eigenvalue weighted by atomic mass is 127. The van der Waals surface area contributed by atoms with E-state index in [2.05, 4.69) is 34.3 Å². The smallest absolute Gasteiger partial charge is 0.279 e. The first kappa shape index (κ1) is 15.6. The number of benzene rings is 2. The molecule has 5 heteroatoms. The minimum atomic E-state index is -0.126. The van der Waals surface area contributed by atoms with Gasteiger partial charge < -0.3 is 4.74 Å². The van der Waals surface area contributed by atoms with E-state index >= 15 is 0 Å². The molecule has 1 aromatic heterocycles. The van der Waals surface area contributed by atoms with Crippen molar-refractivity contribution in [3.63, 3.8) is 0 Å². The van der Waals surface area contributed by atoms with E-state index in [1.165, 1.54) is 4.68 Å². The third-order valence-corrected chi connectivity index (χ3v) is 4.21. The molecule has 0 spiro atoms. The Morgan fingerprint density at radius 2 is 1.96 bits per heavy atom. The van der Waals surface area contributed by atoms with Crippen molar-refractivity contribution in [1.29, 1.82) is 0 Å². The average molecular weight is 418 g/mol. The molecular formula is C18H15IN2O2. The van der Waals surface area contributed by atoms with E-state index in [-0.39, 0.29) is 5.56 Å². The maximum Gasteiger partial charge on any atom is 0.279 e. The monoisotopic (exact) mass is 418 g/mol. The van der Waals surface area contributed by atoms with Crippen LogP contribution in [0.3, 0.4) is 0 Å². The summed E-state index contributed by atoms with van der Waals surface area (Å²) in [6.45, 7) is 3.94. The second kappa shape index (κ2) is 6.45. The van der Waals surface area contributed by atoms with E-state index in [0.29, 0.717) is 10.6 Å². The van der Waals surface area contributed by atoms with Gasteiger partial charge in [0.25, 0.3) is 5.56 Å². The minimum Gasteiger partial charge on any atom is -0.497 e. The summed E-state index contributed by atoms with van der Waals surface area (Å²) in [7, 11) is 1.62. The second-order valence-electron chi connectivity index (χ2n) is 5.04. The Morgan fingerprint density at radius 3 is 2.65 bits per heavy atom. The van der Waals surface area contributed by atoms with Crippen molar-refractivity contribution >= 4 is 35.2 Å². The van der Waals surface area contributed by atoms with E-state index < -0.39 is 0 Å². The zero-order valence-electron chi connectivity index (χ0n) is 12.5. The molecule has 3 rings (SSSR count). The van der Waals surface area contributed by atoms with Gasteiger partial charge in [-0.25, -0.2) is 4.68 Å². The first-order chi connectivity index (χ1) is 11.1. The van der Waals surface area contributed by atoms with Crippen LogP contribution in [0.5, 0.6) is 5.75 Å². The van der Waals surface area contributed by atoms with Crippen LogP contribution in [-0.4, -0.2) is 16.9 Å². The lowest BCUT2D eigenvalue weighted by Gasteiger charge is -2.00. The van der Waals surface area contributed by atoms with E-state index in [1.54, 1.807) is 7.11 Å². The summed E-state index contributed by atoms with van der Waals surface area (Å²) in [6.07, 6.45) is 1.81. The Hall–Kier alpha value is -2.28. The van der Waals surface area contributed by atoms with Crippen LogP contribution >= 0.6 is 22.6 Å². The fourth-order valence-corrected chi connectivity index (χ4v) is 2.67. The molecule has 0 saturated carbocycles. The van der Waals surface area contributed by atoms with Crippen molar-refractivity contribution in [1.82, 2.24) is 9.78 Å². The minimum absolute atomic E-state index is 0.126. The number of hydrogen-bond donors (Lipinski definition) is 1. The van der Waals surface area contributed by atoms with Gasteiger partial charge in [-0.2, -0.15) is 0 Å². The Labute approximate surface area is 146 Å². The average Bonchev–Trinajstić information content (AvgIpc) is 2.84. The highest BCUT2D eigenvalue weighted by molar-refractivity contribution is 14.1. The molecular weight excluding hydrogens is 403 g/mol. The SMILES string of the molecule is C=c1[nH]n(-c2ccc(I)cc2)c(=O)/c1=C\c1cccc(OC)c1. The lowest BCUT2D eigenvalue weighted by atomic mass is 10.2. The maximum absolute atomic E-state index is 12.7. The first-order valence-electron chi connectivity index (χ1n) is 7.00. The number of methoxy groups -OCH3 is 1. The molecule has 0 fully saturated rings. The fraction of sp³-hybridized carbons (Fsp3) is 0.0556. The molecule has 23 heavy (non-hydrogen) atoms. The second-order valence-corrected chi connectivity index (χ2v) is 6.29. The van der Waals surface area contributed by atoms with Gasteiger partial charge in [0.05, 0.1) is 23.4 Å². The molecule has 1 N–H and O–H groups in total.